The first-order chi connectivity index (χ1) is 13.0. The number of rotatable bonds is 6. The molecule has 0 aromatic heterocycles. The highest BCUT2D eigenvalue weighted by atomic mass is 35.5. The molecule has 4 nitrogen and oxygen atoms in total. The van der Waals surface area contributed by atoms with Gasteiger partial charge in [0.05, 0.1) is 15.6 Å². The first-order valence-corrected chi connectivity index (χ1v) is 9.75. The van der Waals surface area contributed by atoms with Crippen molar-refractivity contribution in [3.63, 3.8) is 0 Å². The Labute approximate surface area is 168 Å². The van der Waals surface area contributed by atoms with E-state index in [4.69, 9.17) is 23.2 Å². The van der Waals surface area contributed by atoms with Crippen LogP contribution in [0.2, 0.25) is 10.0 Å². The van der Waals surface area contributed by atoms with E-state index in [0.717, 1.165) is 45.2 Å². The SMILES string of the molecule is O=C(NCCCN1CCN(c2ccccc2)CC1)c1cc(F)c(Cl)cc1Cl. The van der Waals surface area contributed by atoms with Crippen LogP contribution >= 0.6 is 23.2 Å². The monoisotopic (exact) mass is 409 g/mol. The lowest BCUT2D eigenvalue weighted by molar-refractivity contribution is 0.0951. The summed E-state index contributed by atoms with van der Waals surface area (Å²) in [7, 11) is 0. The lowest BCUT2D eigenvalue weighted by Gasteiger charge is -2.36. The van der Waals surface area contributed by atoms with E-state index in [9.17, 15) is 9.18 Å². The zero-order chi connectivity index (χ0) is 19.2. The Kier molecular flexibility index (Phi) is 6.94. The number of carbonyl (C=O) groups is 1. The van der Waals surface area contributed by atoms with Gasteiger partial charge in [-0.15, -0.1) is 0 Å². The first-order valence-electron chi connectivity index (χ1n) is 8.99. The molecule has 0 unspecified atom stereocenters. The van der Waals surface area contributed by atoms with Gasteiger partial charge in [-0.3, -0.25) is 9.69 Å². The number of para-hydroxylation sites is 1. The van der Waals surface area contributed by atoms with Gasteiger partial charge in [0, 0.05) is 38.4 Å². The lowest BCUT2D eigenvalue weighted by atomic mass is 10.2. The topological polar surface area (TPSA) is 35.6 Å². The molecule has 0 saturated carbocycles. The van der Waals surface area contributed by atoms with E-state index in [2.05, 4.69) is 39.4 Å². The molecule has 1 N–H and O–H groups in total. The van der Waals surface area contributed by atoms with Crippen molar-refractivity contribution in [1.82, 2.24) is 10.2 Å². The van der Waals surface area contributed by atoms with E-state index in [-0.39, 0.29) is 21.5 Å². The maximum absolute atomic E-state index is 13.5. The first kappa shape index (κ1) is 19.9. The summed E-state index contributed by atoms with van der Waals surface area (Å²) >= 11 is 11.6. The van der Waals surface area contributed by atoms with Crippen LogP contribution in [0.5, 0.6) is 0 Å². The van der Waals surface area contributed by atoms with Gasteiger partial charge in [-0.2, -0.15) is 0 Å². The van der Waals surface area contributed by atoms with Gasteiger partial charge < -0.3 is 10.2 Å². The van der Waals surface area contributed by atoms with E-state index in [1.165, 1.54) is 11.8 Å². The Morgan fingerprint density at radius 2 is 1.74 bits per heavy atom. The van der Waals surface area contributed by atoms with Crippen LogP contribution < -0.4 is 10.2 Å². The number of hydrogen-bond acceptors (Lipinski definition) is 3. The highest BCUT2D eigenvalue weighted by Gasteiger charge is 2.17. The zero-order valence-electron chi connectivity index (χ0n) is 14.9. The summed E-state index contributed by atoms with van der Waals surface area (Å²) in [6.45, 7) is 5.41. The Balaban J connectivity index is 1.39. The second-order valence-electron chi connectivity index (χ2n) is 6.52. The molecule has 7 heteroatoms. The zero-order valence-corrected chi connectivity index (χ0v) is 16.4. The number of hydrogen-bond donors (Lipinski definition) is 1. The van der Waals surface area contributed by atoms with Gasteiger partial charge >= 0.3 is 0 Å². The van der Waals surface area contributed by atoms with Gasteiger partial charge in [0.15, 0.2) is 0 Å². The summed E-state index contributed by atoms with van der Waals surface area (Å²) in [6.07, 6.45) is 0.824. The highest BCUT2D eigenvalue weighted by Crippen LogP contribution is 2.24. The van der Waals surface area contributed by atoms with Gasteiger partial charge in [-0.05, 0) is 37.2 Å². The number of anilines is 1. The molecule has 1 fully saturated rings. The van der Waals surface area contributed by atoms with E-state index in [1.54, 1.807) is 0 Å². The summed E-state index contributed by atoms with van der Waals surface area (Å²) in [6, 6.07) is 12.7. The second kappa shape index (κ2) is 9.40. The minimum atomic E-state index is -0.650. The average Bonchev–Trinajstić information content (AvgIpc) is 2.69. The van der Waals surface area contributed by atoms with Crippen LogP contribution in [0, 0.1) is 5.82 Å². The van der Waals surface area contributed by atoms with Crippen LogP contribution in [0.25, 0.3) is 0 Å². The van der Waals surface area contributed by atoms with Crippen molar-refractivity contribution in [2.24, 2.45) is 0 Å². The van der Waals surface area contributed by atoms with Crippen LogP contribution in [-0.4, -0.2) is 50.1 Å². The maximum Gasteiger partial charge on any atom is 0.252 e. The van der Waals surface area contributed by atoms with E-state index < -0.39 is 5.82 Å². The molecule has 0 aliphatic carbocycles. The molecule has 0 bridgehead atoms. The van der Waals surface area contributed by atoms with Gasteiger partial charge in [0.1, 0.15) is 5.82 Å². The fourth-order valence-corrected chi connectivity index (χ4v) is 3.63. The van der Waals surface area contributed by atoms with Crippen molar-refractivity contribution >= 4 is 34.8 Å². The summed E-state index contributed by atoms with van der Waals surface area (Å²) in [5, 5.41) is 2.85. The standard InChI is InChI=1S/C20H22Cl2FN3O/c21-17-14-18(22)19(23)13-16(17)20(27)24-7-4-8-25-9-11-26(12-10-25)15-5-2-1-3-6-15/h1-3,5-6,13-14H,4,7-12H2,(H,24,27). The fourth-order valence-electron chi connectivity index (χ4n) is 3.16. The van der Waals surface area contributed by atoms with Crippen LogP contribution in [0.3, 0.4) is 0 Å². The van der Waals surface area contributed by atoms with E-state index >= 15 is 0 Å². The van der Waals surface area contributed by atoms with Gasteiger partial charge in [-0.1, -0.05) is 41.4 Å². The van der Waals surface area contributed by atoms with Gasteiger partial charge in [-0.25, -0.2) is 4.39 Å². The highest BCUT2D eigenvalue weighted by molar-refractivity contribution is 6.36. The molecule has 1 heterocycles. The molecule has 0 atom stereocenters. The average molecular weight is 410 g/mol. The molecule has 144 valence electrons. The van der Waals surface area contributed by atoms with Gasteiger partial charge in [0.25, 0.3) is 5.91 Å². The minimum absolute atomic E-state index is 0.0915. The predicted molar refractivity (Wildman–Crippen MR) is 108 cm³/mol. The van der Waals surface area contributed by atoms with E-state index in [0.29, 0.717) is 6.54 Å². The molecule has 1 saturated heterocycles. The van der Waals surface area contributed by atoms with Crippen LogP contribution in [-0.2, 0) is 0 Å². The Morgan fingerprint density at radius 3 is 2.44 bits per heavy atom. The van der Waals surface area contributed by atoms with Crippen LogP contribution in [0.15, 0.2) is 42.5 Å². The minimum Gasteiger partial charge on any atom is -0.369 e. The van der Waals surface area contributed by atoms with Crippen LogP contribution in [0.4, 0.5) is 10.1 Å². The predicted octanol–water partition coefficient (Wildman–Crippen LogP) is 4.07. The van der Waals surface area contributed by atoms with Crippen molar-refractivity contribution in [3.8, 4) is 0 Å². The van der Waals surface area contributed by atoms with Crippen molar-refractivity contribution in [1.29, 1.82) is 0 Å². The molecule has 0 radical (unpaired) electrons. The van der Waals surface area contributed by atoms with Crippen molar-refractivity contribution < 1.29 is 9.18 Å². The molecule has 1 amide bonds. The largest absolute Gasteiger partial charge is 0.369 e. The second-order valence-corrected chi connectivity index (χ2v) is 7.33. The quantitative estimate of drug-likeness (QED) is 0.576. The van der Waals surface area contributed by atoms with Gasteiger partial charge in [0.2, 0.25) is 0 Å². The third kappa shape index (κ3) is 5.34. The van der Waals surface area contributed by atoms with Crippen LogP contribution in [0.1, 0.15) is 16.8 Å². The molecular weight excluding hydrogens is 388 g/mol. The number of amides is 1. The maximum atomic E-state index is 13.5. The molecule has 0 spiro atoms. The summed E-state index contributed by atoms with van der Waals surface area (Å²) in [4.78, 5) is 16.9. The number of benzene rings is 2. The molecule has 3 rings (SSSR count). The summed E-state index contributed by atoms with van der Waals surface area (Å²) < 4.78 is 13.5. The Morgan fingerprint density at radius 1 is 1.04 bits per heavy atom. The molecule has 1 aliphatic rings. The third-order valence-corrected chi connectivity index (χ3v) is 5.29. The number of nitrogens with zero attached hydrogens (tertiary/aromatic N) is 2. The normalized spacial score (nSPS) is 15.0. The van der Waals surface area contributed by atoms with E-state index in [1.807, 2.05) is 6.07 Å². The molecule has 27 heavy (non-hydrogen) atoms. The number of halogens is 3. The Hall–Kier alpha value is -1.82. The number of carbonyl (C=O) groups excluding carboxylic acids is 1. The fraction of sp³-hybridized carbons (Fsp3) is 0.350. The summed E-state index contributed by atoms with van der Waals surface area (Å²) in [5.74, 6) is -1.04. The van der Waals surface area contributed by atoms with Crippen molar-refractivity contribution in [2.45, 2.75) is 6.42 Å². The molecule has 1 aliphatic heterocycles. The number of piperazine rings is 1. The Bertz CT molecular complexity index is 780. The summed E-state index contributed by atoms with van der Waals surface area (Å²) in [5.41, 5.74) is 1.37. The van der Waals surface area contributed by atoms with Crippen molar-refractivity contribution in [2.75, 3.05) is 44.2 Å². The van der Waals surface area contributed by atoms with Crippen molar-refractivity contribution in [3.05, 3.63) is 63.9 Å². The third-order valence-electron chi connectivity index (χ3n) is 4.68. The molecular formula is C20H22Cl2FN3O. The molecule has 2 aromatic rings. The smallest absolute Gasteiger partial charge is 0.252 e. The number of nitrogens with one attached hydrogen (secondary N) is 1. The lowest BCUT2D eigenvalue weighted by Crippen LogP contribution is -2.47. The molecule has 2 aromatic carbocycles.